The quantitative estimate of drug-likeness (QED) is 0.618. The molecule has 0 heterocycles. The van der Waals surface area contributed by atoms with E-state index in [2.05, 4.69) is 20.7 Å². The van der Waals surface area contributed by atoms with Gasteiger partial charge in [0.05, 0.1) is 13.2 Å². The second kappa shape index (κ2) is 7.24. The van der Waals surface area contributed by atoms with Gasteiger partial charge in [-0.2, -0.15) is 13.2 Å². The van der Waals surface area contributed by atoms with E-state index < -0.39 is 24.3 Å². The molecule has 4 nitrogen and oxygen atoms in total. The van der Waals surface area contributed by atoms with Crippen LogP contribution in [0, 0.1) is 0 Å². The molecule has 0 spiro atoms. The normalized spacial score (nSPS) is 14.6. The third-order valence-electron chi connectivity index (χ3n) is 2.71. The highest BCUT2D eigenvalue weighted by Crippen LogP contribution is 2.37. The zero-order valence-corrected chi connectivity index (χ0v) is 12.8. The highest BCUT2D eigenvalue weighted by molar-refractivity contribution is 9.10. The molecule has 0 saturated heterocycles. The molecule has 8 heteroatoms. The summed E-state index contributed by atoms with van der Waals surface area (Å²) in [5, 5.41) is 0. The number of esters is 1. The fourth-order valence-corrected chi connectivity index (χ4v) is 1.97. The first-order chi connectivity index (χ1) is 9.67. The average Bonchev–Trinajstić information content (AvgIpc) is 2.36. The van der Waals surface area contributed by atoms with E-state index in [0.29, 0.717) is 4.47 Å². The summed E-state index contributed by atoms with van der Waals surface area (Å²) < 4.78 is 49.8. The predicted molar refractivity (Wildman–Crippen MR) is 73.5 cm³/mol. The van der Waals surface area contributed by atoms with Crippen molar-refractivity contribution in [1.29, 1.82) is 0 Å². The van der Waals surface area contributed by atoms with Crippen LogP contribution >= 0.6 is 15.9 Å². The van der Waals surface area contributed by atoms with Gasteiger partial charge in [0.2, 0.25) is 0 Å². The Balaban J connectivity index is 2.79. The van der Waals surface area contributed by atoms with E-state index in [-0.39, 0.29) is 18.8 Å². The molecule has 21 heavy (non-hydrogen) atoms. The first-order valence-electron chi connectivity index (χ1n) is 5.99. The molecule has 0 aliphatic rings. The number of benzene rings is 1. The van der Waals surface area contributed by atoms with Crippen LogP contribution in [0.2, 0.25) is 0 Å². The summed E-state index contributed by atoms with van der Waals surface area (Å²) in [5.41, 5.74) is 2.78. The lowest BCUT2D eigenvalue weighted by molar-refractivity contribution is -0.205. The van der Waals surface area contributed by atoms with Crippen LogP contribution in [0.5, 0.6) is 0 Å². The van der Waals surface area contributed by atoms with Crippen LogP contribution in [0.1, 0.15) is 12.5 Å². The van der Waals surface area contributed by atoms with Gasteiger partial charge in [0.15, 0.2) is 5.54 Å². The summed E-state index contributed by atoms with van der Waals surface area (Å²) in [6.07, 6.45) is -4.69. The van der Waals surface area contributed by atoms with Gasteiger partial charge in [-0.15, -0.1) is 0 Å². The van der Waals surface area contributed by atoms with Gasteiger partial charge in [0.25, 0.3) is 0 Å². The van der Waals surface area contributed by atoms with Crippen molar-refractivity contribution in [3.05, 3.63) is 34.3 Å². The Morgan fingerprint density at radius 1 is 1.33 bits per heavy atom. The summed E-state index contributed by atoms with van der Waals surface area (Å²) in [6.45, 7) is 0.142. The third-order valence-corrected chi connectivity index (χ3v) is 3.20. The molecule has 0 aliphatic heterocycles. The highest BCUT2D eigenvalue weighted by atomic mass is 79.9. The van der Waals surface area contributed by atoms with E-state index in [9.17, 15) is 18.0 Å². The molecule has 118 valence electrons. The summed E-state index contributed by atoms with van der Waals surface area (Å²) in [7, 11) is 0. The molecule has 1 atom stereocenters. The highest BCUT2D eigenvalue weighted by Gasteiger charge is 2.53. The number of alkyl halides is 3. The second-order valence-corrected chi connectivity index (χ2v) is 5.29. The van der Waals surface area contributed by atoms with Crippen LogP contribution in [0.15, 0.2) is 28.7 Å². The molecule has 0 bridgehead atoms. The predicted octanol–water partition coefficient (Wildman–Crippen LogP) is 2.75. The van der Waals surface area contributed by atoms with Crippen molar-refractivity contribution in [3.8, 4) is 0 Å². The van der Waals surface area contributed by atoms with Crippen LogP contribution in [0.25, 0.3) is 0 Å². The van der Waals surface area contributed by atoms with Gasteiger partial charge in [-0.1, -0.05) is 28.1 Å². The summed E-state index contributed by atoms with van der Waals surface area (Å²) in [6, 6.07) is 5.64. The molecule has 0 radical (unpaired) electrons. The molecule has 0 aliphatic carbocycles. The molecule has 2 N–H and O–H groups in total. The molecule has 1 unspecified atom stereocenters. The molecule has 1 rings (SSSR count). The maximum atomic E-state index is 13.3. The number of carbonyl (C=O) groups excluding carboxylic acids is 1. The molecule has 1 aromatic carbocycles. The topological polar surface area (TPSA) is 61.5 Å². The van der Waals surface area contributed by atoms with Crippen molar-refractivity contribution in [2.75, 3.05) is 19.8 Å². The number of nitrogens with two attached hydrogens (primary N) is 1. The SMILES string of the molecule is CC(=O)OCCOCC(N)(c1cccc(Br)c1)C(F)(F)F. The number of rotatable bonds is 6. The van der Waals surface area contributed by atoms with E-state index in [1.54, 1.807) is 6.07 Å². The van der Waals surface area contributed by atoms with Crippen LogP contribution in [0.4, 0.5) is 13.2 Å². The van der Waals surface area contributed by atoms with Crippen molar-refractivity contribution in [3.63, 3.8) is 0 Å². The van der Waals surface area contributed by atoms with E-state index in [1.165, 1.54) is 25.1 Å². The first kappa shape index (κ1) is 17.9. The fraction of sp³-hybridized carbons (Fsp3) is 0.462. The zero-order valence-electron chi connectivity index (χ0n) is 11.2. The van der Waals surface area contributed by atoms with E-state index >= 15 is 0 Å². The van der Waals surface area contributed by atoms with Crippen molar-refractivity contribution in [2.45, 2.75) is 18.6 Å². The molecule has 0 saturated carbocycles. The number of carbonyl (C=O) groups is 1. The summed E-state index contributed by atoms with van der Waals surface area (Å²) in [4.78, 5) is 10.5. The Hall–Kier alpha value is -1.12. The Morgan fingerprint density at radius 3 is 2.52 bits per heavy atom. The molecular formula is C13H15BrF3NO3. The van der Waals surface area contributed by atoms with Crippen molar-refractivity contribution in [2.24, 2.45) is 5.73 Å². The Morgan fingerprint density at radius 2 is 2.00 bits per heavy atom. The van der Waals surface area contributed by atoms with Gasteiger partial charge in [-0.05, 0) is 17.7 Å². The largest absolute Gasteiger partial charge is 0.463 e. The smallest absolute Gasteiger partial charge is 0.412 e. The summed E-state index contributed by atoms with van der Waals surface area (Å²) >= 11 is 3.11. The minimum atomic E-state index is -4.69. The van der Waals surface area contributed by atoms with Crippen LogP contribution in [-0.2, 0) is 19.8 Å². The van der Waals surface area contributed by atoms with Crippen molar-refractivity contribution in [1.82, 2.24) is 0 Å². The number of hydrogen-bond acceptors (Lipinski definition) is 4. The van der Waals surface area contributed by atoms with Gasteiger partial charge >= 0.3 is 12.1 Å². The Bertz CT molecular complexity index is 496. The Kier molecular flexibility index (Phi) is 6.18. The minimum Gasteiger partial charge on any atom is -0.463 e. The third kappa shape index (κ3) is 4.98. The van der Waals surface area contributed by atoms with E-state index in [0.717, 1.165) is 0 Å². The van der Waals surface area contributed by atoms with Gasteiger partial charge in [0.1, 0.15) is 6.61 Å². The average molecular weight is 370 g/mol. The zero-order chi connectivity index (χ0) is 16.1. The lowest BCUT2D eigenvalue weighted by atomic mass is 9.91. The van der Waals surface area contributed by atoms with Gasteiger partial charge in [0, 0.05) is 11.4 Å². The minimum absolute atomic E-state index is 0.114. The maximum absolute atomic E-state index is 13.3. The Labute approximate surface area is 128 Å². The lowest BCUT2D eigenvalue weighted by Gasteiger charge is -2.32. The standard InChI is InChI=1S/C13H15BrF3NO3/c1-9(19)21-6-5-20-8-12(18,13(15,16)17)10-3-2-4-11(14)7-10/h2-4,7H,5-6,8,18H2,1H3. The monoisotopic (exact) mass is 369 g/mol. The number of halogens is 4. The maximum Gasteiger partial charge on any atom is 0.412 e. The van der Waals surface area contributed by atoms with E-state index in [1.807, 2.05) is 0 Å². The van der Waals surface area contributed by atoms with E-state index in [4.69, 9.17) is 10.5 Å². The molecular weight excluding hydrogens is 355 g/mol. The molecule has 0 amide bonds. The van der Waals surface area contributed by atoms with Crippen molar-refractivity contribution < 1.29 is 27.4 Å². The number of hydrogen-bond donors (Lipinski definition) is 1. The first-order valence-corrected chi connectivity index (χ1v) is 6.79. The number of ether oxygens (including phenoxy) is 2. The summed E-state index contributed by atoms with van der Waals surface area (Å²) in [5.74, 6) is -0.527. The lowest BCUT2D eigenvalue weighted by Crippen LogP contribution is -2.54. The van der Waals surface area contributed by atoms with Gasteiger partial charge < -0.3 is 15.2 Å². The fourth-order valence-electron chi connectivity index (χ4n) is 1.57. The van der Waals surface area contributed by atoms with Gasteiger partial charge in [-0.25, -0.2) is 0 Å². The molecule has 0 aromatic heterocycles. The van der Waals surface area contributed by atoms with Crippen LogP contribution < -0.4 is 5.73 Å². The van der Waals surface area contributed by atoms with Crippen molar-refractivity contribution >= 4 is 21.9 Å². The van der Waals surface area contributed by atoms with Crippen LogP contribution in [-0.4, -0.2) is 32.0 Å². The second-order valence-electron chi connectivity index (χ2n) is 4.37. The molecule has 0 fully saturated rings. The molecule has 1 aromatic rings. The van der Waals surface area contributed by atoms with Crippen LogP contribution in [0.3, 0.4) is 0 Å². The van der Waals surface area contributed by atoms with Gasteiger partial charge in [-0.3, -0.25) is 4.79 Å².